The first-order valence-electron chi connectivity index (χ1n) is 3.92. The zero-order valence-electron chi connectivity index (χ0n) is 7.98. The summed E-state index contributed by atoms with van der Waals surface area (Å²) < 4.78 is 29.4. The average Bonchev–Trinajstić information content (AvgIpc) is 2.26. The Morgan fingerprint density at radius 2 is 2.31 bits per heavy atom. The maximum atomic E-state index is 12.4. The number of alkyl halides is 2. The molecule has 0 atom stereocenters. The van der Waals surface area contributed by atoms with E-state index in [2.05, 4.69) is 9.72 Å². The highest BCUT2D eigenvalue weighted by Crippen LogP contribution is 2.31. The largest absolute Gasteiger partial charge is 0.476 e. The zero-order valence-corrected chi connectivity index (χ0v) is 7.98. The van der Waals surface area contributed by atoms with Gasteiger partial charge in [-0.1, -0.05) is 0 Å². The second kappa shape index (κ2) is 4.48. The summed E-state index contributed by atoms with van der Waals surface area (Å²) in [4.78, 5) is 13.0. The molecule has 0 amide bonds. The lowest BCUT2D eigenvalue weighted by Gasteiger charge is -2.05. The van der Waals surface area contributed by atoms with Crippen molar-refractivity contribution in [2.24, 2.45) is 0 Å². The number of nitrogens with zero attached hydrogens (tertiary/aromatic N) is 3. The van der Waals surface area contributed by atoms with Crippen LogP contribution in [0.1, 0.15) is 17.7 Å². The lowest BCUT2D eigenvalue weighted by atomic mass is 10.2. The maximum Gasteiger partial charge on any atom is 0.331 e. The Morgan fingerprint density at radius 1 is 1.69 bits per heavy atom. The highest BCUT2D eigenvalue weighted by molar-refractivity contribution is 5.49. The second-order valence-electron chi connectivity index (χ2n) is 2.62. The van der Waals surface area contributed by atoms with Crippen molar-refractivity contribution in [2.45, 2.75) is 6.43 Å². The highest BCUT2D eigenvalue weighted by atomic mass is 19.3. The zero-order chi connectivity index (χ0) is 12.3. The number of methoxy groups -OCH3 is 1. The van der Waals surface area contributed by atoms with Crippen LogP contribution in [0.25, 0.3) is 0 Å². The Hall–Kier alpha value is -2.30. The molecule has 0 fully saturated rings. The van der Waals surface area contributed by atoms with Crippen LogP contribution < -0.4 is 4.74 Å². The molecule has 1 heterocycles. The van der Waals surface area contributed by atoms with Crippen molar-refractivity contribution in [3.05, 3.63) is 27.4 Å². The number of pyridine rings is 1. The van der Waals surface area contributed by atoms with E-state index in [1.165, 1.54) is 6.07 Å². The van der Waals surface area contributed by atoms with Crippen LogP contribution in [0, 0.1) is 21.4 Å². The monoisotopic (exact) mass is 229 g/mol. The Bertz CT molecular complexity index is 470. The summed E-state index contributed by atoms with van der Waals surface area (Å²) >= 11 is 0. The molecule has 6 nitrogen and oxygen atoms in total. The molecule has 0 aliphatic carbocycles. The minimum Gasteiger partial charge on any atom is -0.476 e. The normalized spacial score (nSPS) is 9.94. The SMILES string of the molecule is COc1nc(C#N)c(C(F)F)cc1[N+](=O)[O-]. The number of hydrogen-bond donors (Lipinski definition) is 0. The first-order valence-corrected chi connectivity index (χ1v) is 3.92. The fourth-order valence-corrected chi connectivity index (χ4v) is 1.04. The molecule has 1 aromatic rings. The minimum absolute atomic E-state index is 0.467. The van der Waals surface area contributed by atoms with Crippen LogP contribution >= 0.6 is 0 Å². The summed E-state index contributed by atoms with van der Waals surface area (Å²) in [6.07, 6.45) is -3.01. The number of ether oxygens (including phenoxy) is 1. The van der Waals surface area contributed by atoms with Gasteiger partial charge in [-0.2, -0.15) is 10.2 Å². The second-order valence-corrected chi connectivity index (χ2v) is 2.62. The van der Waals surface area contributed by atoms with Gasteiger partial charge in [0.1, 0.15) is 6.07 Å². The molecule has 0 saturated heterocycles. The number of hydrogen-bond acceptors (Lipinski definition) is 5. The third-order valence-corrected chi connectivity index (χ3v) is 1.73. The molecular formula is C8H5F2N3O3. The van der Waals surface area contributed by atoms with Gasteiger partial charge in [0.25, 0.3) is 12.3 Å². The fourth-order valence-electron chi connectivity index (χ4n) is 1.04. The van der Waals surface area contributed by atoms with E-state index in [1.54, 1.807) is 0 Å². The summed E-state index contributed by atoms with van der Waals surface area (Å²) in [7, 11) is 1.10. The molecule has 0 aromatic carbocycles. The quantitative estimate of drug-likeness (QED) is 0.582. The van der Waals surface area contributed by atoms with E-state index in [0.717, 1.165) is 7.11 Å². The Kier molecular flexibility index (Phi) is 3.30. The van der Waals surface area contributed by atoms with Crippen molar-refractivity contribution >= 4 is 5.69 Å². The lowest BCUT2D eigenvalue weighted by molar-refractivity contribution is -0.386. The smallest absolute Gasteiger partial charge is 0.331 e. The van der Waals surface area contributed by atoms with Gasteiger partial charge in [0.15, 0.2) is 5.69 Å². The molecule has 0 radical (unpaired) electrons. The Morgan fingerprint density at radius 3 is 2.69 bits per heavy atom. The van der Waals surface area contributed by atoms with Crippen LogP contribution in [0.3, 0.4) is 0 Å². The van der Waals surface area contributed by atoms with Gasteiger partial charge in [0, 0.05) is 6.07 Å². The summed E-state index contributed by atoms with van der Waals surface area (Å²) in [6, 6.07) is 2.02. The third-order valence-electron chi connectivity index (χ3n) is 1.73. The lowest BCUT2D eigenvalue weighted by Crippen LogP contribution is -2.02. The van der Waals surface area contributed by atoms with Gasteiger partial charge in [0.05, 0.1) is 17.6 Å². The topological polar surface area (TPSA) is 89.0 Å². The molecule has 0 aliphatic heterocycles. The minimum atomic E-state index is -3.01. The molecule has 0 bridgehead atoms. The molecule has 16 heavy (non-hydrogen) atoms. The Balaban J connectivity index is 3.48. The number of nitro groups is 1. The third kappa shape index (κ3) is 2.03. The number of nitriles is 1. The number of rotatable bonds is 3. The van der Waals surface area contributed by atoms with E-state index in [-0.39, 0.29) is 0 Å². The molecule has 0 unspecified atom stereocenters. The molecule has 1 rings (SSSR count). The van der Waals surface area contributed by atoms with Gasteiger partial charge in [-0.05, 0) is 0 Å². The van der Waals surface area contributed by atoms with Gasteiger partial charge in [-0.3, -0.25) is 10.1 Å². The van der Waals surface area contributed by atoms with E-state index in [4.69, 9.17) is 5.26 Å². The van der Waals surface area contributed by atoms with Crippen molar-refractivity contribution in [3.63, 3.8) is 0 Å². The first-order chi connectivity index (χ1) is 7.51. The van der Waals surface area contributed by atoms with Crippen LogP contribution in [0.5, 0.6) is 5.88 Å². The van der Waals surface area contributed by atoms with Gasteiger partial charge in [0.2, 0.25) is 0 Å². The fraction of sp³-hybridized carbons (Fsp3) is 0.250. The van der Waals surface area contributed by atoms with Crippen molar-refractivity contribution < 1.29 is 18.4 Å². The molecular weight excluding hydrogens is 224 g/mol. The van der Waals surface area contributed by atoms with Crippen molar-refractivity contribution in [1.29, 1.82) is 5.26 Å². The highest BCUT2D eigenvalue weighted by Gasteiger charge is 2.24. The van der Waals surface area contributed by atoms with E-state index in [1.807, 2.05) is 0 Å². The summed E-state index contributed by atoms with van der Waals surface area (Å²) in [5.74, 6) is -0.467. The van der Waals surface area contributed by atoms with Gasteiger partial charge < -0.3 is 4.74 Å². The average molecular weight is 229 g/mol. The molecule has 0 N–H and O–H groups in total. The summed E-state index contributed by atoms with van der Waals surface area (Å²) in [6.45, 7) is 0. The predicted molar refractivity (Wildman–Crippen MR) is 47.1 cm³/mol. The van der Waals surface area contributed by atoms with Crippen LogP contribution in [0.4, 0.5) is 14.5 Å². The van der Waals surface area contributed by atoms with E-state index in [9.17, 15) is 18.9 Å². The Labute approximate surface area is 88.2 Å². The van der Waals surface area contributed by atoms with Crippen LogP contribution in [0.2, 0.25) is 0 Å². The molecule has 8 heteroatoms. The van der Waals surface area contributed by atoms with E-state index < -0.39 is 34.2 Å². The van der Waals surface area contributed by atoms with Crippen LogP contribution in [-0.2, 0) is 0 Å². The maximum absolute atomic E-state index is 12.4. The van der Waals surface area contributed by atoms with Gasteiger partial charge >= 0.3 is 5.69 Å². The molecule has 1 aromatic heterocycles. The van der Waals surface area contributed by atoms with Crippen molar-refractivity contribution in [3.8, 4) is 11.9 Å². The molecule has 0 spiro atoms. The molecule has 0 saturated carbocycles. The summed E-state index contributed by atoms with van der Waals surface area (Å²) in [5.41, 5.74) is -2.07. The number of aromatic nitrogens is 1. The van der Waals surface area contributed by atoms with Gasteiger partial charge in [-0.15, -0.1) is 0 Å². The number of halogens is 2. The molecule has 84 valence electrons. The molecule has 0 aliphatic rings. The predicted octanol–water partition coefficient (Wildman–Crippen LogP) is 1.81. The van der Waals surface area contributed by atoms with Crippen LogP contribution in [-0.4, -0.2) is 17.0 Å². The van der Waals surface area contributed by atoms with E-state index in [0.29, 0.717) is 6.07 Å². The summed E-state index contributed by atoms with van der Waals surface area (Å²) in [5, 5.41) is 19.1. The van der Waals surface area contributed by atoms with Crippen molar-refractivity contribution in [2.75, 3.05) is 7.11 Å². The first kappa shape index (κ1) is 11.8. The standard InChI is InChI=1S/C8H5F2N3O3/c1-16-8-6(13(14)15)2-4(7(9)10)5(3-11)12-8/h2,7H,1H3. The van der Waals surface area contributed by atoms with E-state index >= 15 is 0 Å². The van der Waals surface area contributed by atoms with Crippen molar-refractivity contribution in [1.82, 2.24) is 4.98 Å². The van der Waals surface area contributed by atoms with Crippen LogP contribution in [0.15, 0.2) is 6.07 Å². The van der Waals surface area contributed by atoms with Gasteiger partial charge in [-0.25, -0.2) is 8.78 Å².